The Balaban J connectivity index is 1.31. The Bertz CT molecular complexity index is 748. The van der Waals surface area contributed by atoms with Crippen LogP contribution in [0.1, 0.15) is 22.3 Å². The average molecular weight is 401 g/mol. The van der Waals surface area contributed by atoms with Gasteiger partial charge in [0.05, 0.1) is 6.10 Å². The van der Waals surface area contributed by atoms with Crippen LogP contribution in [0.25, 0.3) is 0 Å². The highest BCUT2D eigenvalue weighted by Crippen LogP contribution is 2.23. The molecule has 0 spiro atoms. The minimum atomic E-state index is -0.290. The molecule has 4 heteroatoms. The van der Waals surface area contributed by atoms with Gasteiger partial charge in [0.15, 0.2) is 0 Å². The molecular formula is C21H25BrN2O. The molecule has 25 heavy (non-hydrogen) atoms. The van der Waals surface area contributed by atoms with Crippen LogP contribution in [0, 0.1) is 0 Å². The Morgan fingerprint density at radius 2 is 1.44 bits per heavy atom. The molecule has 0 fully saturated rings. The Labute approximate surface area is 158 Å². The maximum atomic E-state index is 10.6. The number of aliphatic hydroxyl groups is 1. The molecule has 1 atom stereocenters. The highest BCUT2D eigenvalue weighted by atomic mass is 79.9. The van der Waals surface area contributed by atoms with E-state index in [2.05, 4.69) is 68.2 Å². The molecule has 1 N–H and O–H groups in total. The first-order valence-electron chi connectivity index (χ1n) is 9.14. The number of fused-ring (bicyclic) bond motifs is 2. The maximum absolute atomic E-state index is 10.6. The number of rotatable bonds is 4. The van der Waals surface area contributed by atoms with Gasteiger partial charge in [-0.1, -0.05) is 46.3 Å². The van der Waals surface area contributed by atoms with Gasteiger partial charge in [-0.05, 0) is 47.2 Å². The van der Waals surface area contributed by atoms with E-state index in [0.29, 0.717) is 0 Å². The van der Waals surface area contributed by atoms with Crippen LogP contribution in [0.4, 0.5) is 0 Å². The summed E-state index contributed by atoms with van der Waals surface area (Å²) in [5, 5.41) is 10.6. The second-order valence-electron chi connectivity index (χ2n) is 7.31. The van der Waals surface area contributed by atoms with E-state index >= 15 is 0 Å². The predicted molar refractivity (Wildman–Crippen MR) is 105 cm³/mol. The number of benzene rings is 2. The quantitative estimate of drug-likeness (QED) is 0.853. The van der Waals surface area contributed by atoms with Gasteiger partial charge in [-0.15, -0.1) is 0 Å². The highest BCUT2D eigenvalue weighted by Gasteiger charge is 2.22. The Kier molecular flexibility index (Phi) is 5.23. The molecule has 0 radical (unpaired) electrons. The zero-order chi connectivity index (χ0) is 17.2. The summed E-state index contributed by atoms with van der Waals surface area (Å²) >= 11 is 3.55. The summed E-state index contributed by atoms with van der Waals surface area (Å²) < 4.78 is 1.16. The lowest BCUT2D eigenvalue weighted by Gasteiger charge is -2.34. The van der Waals surface area contributed by atoms with Gasteiger partial charge in [-0.25, -0.2) is 0 Å². The standard InChI is InChI=1S/C21H25BrN2O/c22-20-6-5-19-13-24(10-8-17(19)11-20)15-21(25)14-23-9-7-16-3-1-2-4-18(16)12-23/h1-6,11,21,25H,7-10,12-15H2. The zero-order valence-corrected chi connectivity index (χ0v) is 16.1. The van der Waals surface area contributed by atoms with Crippen LogP contribution in [0.5, 0.6) is 0 Å². The van der Waals surface area contributed by atoms with Crippen molar-refractivity contribution in [3.8, 4) is 0 Å². The molecule has 2 aliphatic heterocycles. The summed E-state index contributed by atoms with van der Waals surface area (Å²) in [6.45, 7) is 5.51. The predicted octanol–water partition coefficient (Wildman–Crippen LogP) is 3.23. The van der Waals surface area contributed by atoms with E-state index in [0.717, 1.165) is 56.6 Å². The second-order valence-corrected chi connectivity index (χ2v) is 8.22. The van der Waals surface area contributed by atoms with Crippen LogP contribution in [0.15, 0.2) is 46.9 Å². The molecule has 0 saturated heterocycles. The van der Waals surface area contributed by atoms with Crippen molar-refractivity contribution in [3.63, 3.8) is 0 Å². The molecule has 2 heterocycles. The normalized spacial score (nSPS) is 19.3. The fourth-order valence-corrected chi connectivity index (χ4v) is 4.51. The molecule has 0 amide bonds. The van der Waals surface area contributed by atoms with Crippen LogP contribution in [-0.2, 0) is 25.9 Å². The SMILES string of the molecule is OC(CN1CCc2ccccc2C1)CN1CCc2cc(Br)ccc2C1. The minimum absolute atomic E-state index is 0.290. The van der Waals surface area contributed by atoms with Crippen LogP contribution >= 0.6 is 15.9 Å². The second kappa shape index (κ2) is 7.58. The number of aliphatic hydroxyl groups excluding tert-OH is 1. The summed E-state index contributed by atoms with van der Waals surface area (Å²) in [5.74, 6) is 0. The van der Waals surface area contributed by atoms with Gasteiger partial charge in [0, 0.05) is 43.7 Å². The molecule has 3 nitrogen and oxygen atoms in total. The summed E-state index contributed by atoms with van der Waals surface area (Å²) in [7, 11) is 0. The zero-order valence-electron chi connectivity index (χ0n) is 14.5. The van der Waals surface area contributed by atoms with Crippen molar-refractivity contribution in [3.05, 3.63) is 69.2 Å². The van der Waals surface area contributed by atoms with Crippen molar-refractivity contribution < 1.29 is 5.11 Å². The average Bonchev–Trinajstić information content (AvgIpc) is 2.61. The van der Waals surface area contributed by atoms with E-state index in [-0.39, 0.29) is 6.10 Å². The molecule has 2 aliphatic rings. The first-order valence-corrected chi connectivity index (χ1v) is 9.93. The van der Waals surface area contributed by atoms with Crippen molar-refractivity contribution in [2.45, 2.75) is 32.0 Å². The number of hydrogen-bond donors (Lipinski definition) is 1. The summed E-state index contributed by atoms with van der Waals surface area (Å²) in [6.07, 6.45) is 1.87. The smallest absolute Gasteiger partial charge is 0.0794 e. The summed E-state index contributed by atoms with van der Waals surface area (Å²) in [6, 6.07) is 15.2. The topological polar surface area (TPSA) is 26.7 Å². The van der Waals surface area contributed by atoms with Gasteiger partial charge in [-0.3, -0.25) is 9.80 Å². The van der Waals surface area contributed by atoms with Gasteiger partial charge in [0.1, 0.15) is 0 Å². The van der Waals surface area contributed by atoms with Crippen LogP contribution in [0.3, 0.4) is 0 Å². The van der Waals surface area contributed by atoms with Crippen molar-refractivity contribution in [1.29, 1.82) is 0 Å². The van der Waals surface area contributed by atoms with E-state index < -0.39 is 0 Å². The first-order chi connectivity index (χ1) is 12.2. The van der Waals surface area contributed by atoms with Gasteiger partial charge in [-0.2, -0.15) is 0 Å². The molecule has 2 aromatic carbocycles. The Morgan fingerprint density at radius 3 is 2.16 bits per heavy atom. The van der Waals surface area contributed by atoms with Crippen LogP contribution in [0.2, 0.25) is 0 Å². The fraction of sp³-hybridized carbons (Fsp3) is 0.429. The highest BCUT2D eigenvalue weighted by molar-refractivity contribution is 9.10. The third kappa shape index (κ3) is 4.14. The minimum Gasteiger partial charge on any atom is -0.390 e. The fourth-order valence-electron chi connectivity index (χ4n) is 4.10. The third-order valence-corrected chi connectivity index (χ3v) is 5.90. The Morgan fingerprint density at radius 1 is 0.840 bits per heavy atom. The molecule has 4 rings (SSSR count). The van der Waals surface area contributed by atoms with Gasteiger partial charge in [0.25, 0.3) is 0 Å². The van der Waals surface area contributed by atoms with E-state index in [9.17, 15) is 5.11 Å². The summed E-state index contributed by atoms with van der Waals surface area (Å²) in [4.78, 5) is 4.78. The number of hydrogen-bond acceptors (Lipinski definition) is 3. The lowest BCUT2D eigenvalue weighted by atomic mass is 9.99. The van der Waals surface area contributed by atoms with E-state index in [4.69, 9.17) is 0 Å². The van der Waals surface area contributed by atoms with Crippen LogP contribution in [-0.4, -0.2) is 47.2 Å². The Hall–Kier alpha value is -1.20. The molecule has 132 valence electrons. The molecule has 0 aliphatic carbocycles. The van der Waals surface area contributed by atoms with Gasteiger partial charge >= 0.3 is 0 Å². The lowest BCUT2D eigenvalue weighted by molar-refractivity contribution is 0.0648. The lowest BCUT2D eigenvalue weighted by Crippen LogP contribution is -2.43. The number of β-amino-alcohol motifs (C(OH)–C–C–N with tert-alkyl or cyclic N) is 1. The van der Waals surface area contributed by atoms with E-state index in [1.54, 1.807) is 0 Å². The number of halogens is 1. The molecule has 1 unspecified atom stereocenters. The van der Waals surface area contributed by atoms with E-state index in [1.165, 1.54) is 22.3 Å². The third-order valence-electron chi connectivity index (χ3n) is 5.41. The molecule has 2 aromatic rings. The van der Waals surface area contributed by atoms with Crippen molar-refractivity contribution in [1.82, 2.24) is 9.80 Å². The number of nitrogens with zero attached hydrogens (tertiary/aromatic N) is 2. The van der Waals surface area contributed by atoms with Gasteiger partial charge in [0.2, 0.25) is 0 Å². The largest absolute Gasteiger partial charge is 0.390 e. The van der Waals surface area contributed by atoms with Crippen molar-refractivity contribution in [2.75, 3.05) is 26.2 Å². The molecular weight excluding hydrogens is 376 g/mol. The summed E-state index contributed by atoms with van der Waals surface area (Å²) in [5.41, 5.74) is 5.71. The molecule has 0 bridgehead atoms. The maximum Gasteiger partial charge on any atom is 0.0794 e. The monoisotopic (exact) mass is 400 g/mol. The molecule has 0 saturated carbocycles. The molecule has 0 aromatic heterocycles. The van der Waals surface area contributed by atoms with Gasteiger partial charge < -0.3 is 5.11 Å². The van der Waals surface area contributed by atoms with E-state index in [1.807, 2.05) is 0 Å². The van der Waals surface area contributed by atoms with Crippen molar-refractivity contribution in [2.24, 2.45) is 0 Å². The van der Waals surface area contributed by atoms with Crippen LogP contribution < -0.4 is 0 Å². The first kappa shape index (κ1) is 17.2. The van der Waals surface area contributed by atoms with Crippen molar-refractivity contribution >= 4 is 15.9 Å².